The number of rotatable bonds is 20. The molecule has 436 valence electrons. The molecule has 0 saturated heterocycles. The van der Waals surface area contributed by atoms with E-state index in [4.69, 9.17) is 4.74 Å². The van der Waals surface area contributed by atoms with Crippen molar-refractivity contribution in [3.05, 3.63) is 315 Å². The van der Waals surface area contributed by atoms with Crippen molar-refractivity contribution in [2.45, 2.75) is 129 Å². The van der Waals surface area contributed by atoms with E-state index in [2.05, 4.69) is 282 Å². The summed E-state index contributed by atoms with van der Waals surface area (Å²) in [5.74, 6) is 1.66. The van der Waals surface area contributed by atoms with Crippen LogP contribution in [0, 0.1) is 13.8 Å². The molecule has 2 unspecified atom stereocenters. The van der Waals surface area contributed by atoms with Gasteiger partial charge < -0.3 is 9.64 Å². The Bertz CT molecular complexity index is 4050. The molecule has 1 heterocycles. The molecule has 88 heavy (non-hydrogen) atoms. The summed E-state index contributed by atoms with van der Waals surface area (Å²) in [6.45, 7) is 11.2. The van der Waals surface area contributed by atoms with Gasteiger partial charge in [-0.3, -0.25) is 0 Å². The van der Waals surface area contributed by atoms with Crippen LogP contribution in [0.15, 0.2) is 243 Å². The molecule has 14 rings (SSSR count). The van der Waals surface area contributed by atoms with Crippen molar-refractivity contribution in [2.24, 2.45) is 0 Å². The second kappa shape index (κ2) is 24.3. The molecule has 0 saturated carbocycles. The van der Waals surface area contributed by atoms with E-state index in [1.54, 1.807) is 0 Å². The Hall–Kier alpha value is -8.98. The molecule has 0 spiro atoms. The highest BCUT2D eigenvalue weighted by molar-refractivity contribution is 5.93. The lowest BCUT2D eigenvalue weighted by Gasteiger charge is -2.35. The van der Waals surface area contributed by atoms with Crippen molar-refractivity contribution in [2.75, 3.05) is 4.90 Å². The normalized spacial score (nSPS) is 15.9. The third-order valence-electron chi connectivity index (χ3n) is 19.8. The van der Waals surface area contributed by atoms with Gasteiger partial charge in [0.2, 0.25) is 0 Å². The minimum atomic E-state index is -0.519. The van der Waals surface area contributed by atoms with Crippen molar-refractivity contribution in [1.29, 1.82) is 0 Å². The van der Waals surface area contributed by atoms with Gasteiger partial charge in [0, 0.05) is 5.69 Å². The van der Waals surface area contributed by atoms with Crippen LogP contribution in [0.4, 0.5) is 17.1 Å². The zero-order chi connectivity index (χ0) is 59.8. The highest BCUT2D eigenvalue weighted by Crippen LogP contribution is 2.60. The van der Waals surface area contributed by atoms with Gasteiger partial charge in [0.25, 0.3) is 0 Å². The first-order chi connectivity index (χ1) is 43.3. The third kappa shape index (κ3) is 10.00. The predicted molar refractivity (Wildman–Crippen MR) is 370 cm³/mol. The highest BCUT2D eigenvalue weighted by atomic mass is 16.5. The maximum atomic E-state index is 7.36. The average molecular weight is 1140 g/mol. The molecule has 2 aliphatic carbocycles. The van der Waals surface area contributed by atoms with Gasteiger partial charge in [-0.15, -0.1) is 0 Å². The van der Waals surface area contributed by atoms with E-state index in [9.17, 15) is 0 Å². The summed E-state index contributed by atoms with van der Waals surface area (Å²) in [5, 5.41) is 0. The summed E-state index contributed by atoms with van der Waals surface area (Å²) >= 11 is 0. The van der Waals surface area contributed by atoms with Crippen molar-refractivity contribution in [3.63, 3.8) is 0 Å². The summed E-state index contributed by atoms with van der Waals surface area (Å²) in [6.07, 6.45) is 15.7. The first kappa shape index (κ1) is 56.8. The monoisotopic (exact) mass is 1140 g/mol. The molecule has 3 aliphatic rings. The molecule has 1 aliphatic heterocycles. The summed E-state index contributed by atoms with van der Waals surface area (Å²) in [7, 11) is 0. The van der Waals surface area contributed by atoms with E-state index in [-0.39, 0.29) is 0 Å². The quantitative estimate of drug-likeness (QED) is 0.0705. The Labute approximate surface area is 523 Å². The Kier molecular flexibility index (Phi) is 15.7. The molecular formula is C86H81NO. The van der Waals surface area contributed by atoms with E-state index < -0.39 is 10.8 Å². The van der Waals surface area contributed by atoms with Gasteiger partial charge in [-0.05, 0) is 207 Å². The number of ether oxygens (including phenoxy) is 1. The maximum Gasteiger partial charge on any atom is 0.152 e. The smallest absolute Gasteiger partial charge is 0.152 e. The first-order valence-corrected chi connectivity index (χ1v) is 33.0. The van der Waals surface area contributed by atoms with Crippen LogP contribution in [0.1, 0.15) is 157 Å². The third-order valence-corrected chi connectivity index (χ3v) is 19.8. The lowest BCUT2D eigenvalue weighted by atomic mass is 9.67. The van der Waals surface area contributed by atoms with E-state index >= 15 is 0 Å². The molecular weight excluding hydrogens is 1060 g/mol. The zero-order valence-electron chi connectivity index (χ0n) is 52.1. The second-order valence-electron chi connectivity index (χ2n) is 25.4. The van der Waals surface area contributed by atoms with Crippen LogP contribution in [0.3, 0.4) is 0 Å². The van der Waals surface area contributed by atoms with E-state index in [1.807, 2.05) is 0 Å². The van der Waals surface area contributed by atoms with Crippen molar-refractivity contribution < 1.29 is 4.74 Å². The fourth-order valence-electron chi connectivity index (χ4n) is 15.1. The molecule has 2 heteroatoms. The van der Waals surface area contributed by atoms with Gasteiger partial charge in [-0.25, -0.2) is 0 Å². The molecule has 2 atom stereocenters. The van der Waals surface area contributed by atoms with Gasteiger partial charge in [0.1, 0.15) is 0 Å². The van der Waals surface area contributed by atoms with Crippen LogP contribution in [-0.2, 0) is 30.1 Å². The van der Waals surface area contributed by atoms with Crippen molar-refractivity contribution in [1.82, 2.24) is 0 Å². The Balaban J connectivity index is 0.882. The molecule has 11 aromatic carbocycles. The van der Waals surface area contributed by atoms with Crippen molar-refractivity contribution >= 4 is 17.1 Å². The first-order valence-electron chi connectivity index (χ1n) is 33.0. The number of benzene rings is 11. The van der Waals surface area contributed by atoms with Crippen LogP contribution in [0.2, 0.25) is 0 Å². The lowest BCUT2D eigenvalue weighted by molar-refractivity contribution is 0.477. The van der Waals surface area contributed by atoms with Crippen LogP contribution < -0.4 is 9.64 Å². The molecule has 0 N–H and O–H groups in total. The average Bonchev–Trinajstić information content (AvgIpc) is 1.55. The standard InChI is InChI=1S/C86H81NO/c1-6-9-12-14-21-62-31-45-70(46-32-62)85(68-41-27-59(4)28-42-68)77-25-18-16-23-73(77)75-51-37-64(55-79(75)85)66-39-53-81-83(57-66)88-84-58-67(40-54-82(84)87(81)72-49-35-61(36-50-72)20-11-8-3)65-38-52-76-74-24-17-19-26-78(74)86(80(76)56-65,69-43-29-60(5)30-44-69)71-47-33-63(34-48-71)22-15-13-10-7-2/h16-19,23-58H,6-15,20-22H2,1-5H3. The number of aryl methyl sites for hydroxylation is 5. The number of anilines is 3. The van der Waals surface area contributed by atoms with E-state index in [0.29, 0.717) is 0 Å². The van der Waals surface area contributed by atoms with Gasteiger partial charge in [-0.2, -0.15) is 0 Å². The molecule has 0 bridgehead atoms. The molecule has 11 aromatic rings. The number of hydrogen-bond donors (Lipinski definition) is 0. The molecule has 0 amide bonds. The zero-order valence-corrected chi connectivity index (χ0v) is 52.1. The van der Waals surface area contributed by atoms with E-state index in [0.717, 1.165) is 70.1 Å². The number of fused-ring (bicyclic) bond motifs is 8. The summed E-state index contributed by atoms with van der Waals surface area (Å²) in [6, 6.07) is 93.5. The summed E-state index contributed by atoms with van der Waals surface area (Å²) < 4.78 is 7.36. The van der Waals surface area contributed by atoms with Gasteiger partial charge in [0.05, 0.1) is 22.2 Å². The number of unbranched alkanes of at least 4 members (excludes halogenated alkanes) is 7. The van der Waals surface area contributed by atoms with Gasteiger partial charge >= 0.3 is 0 Å². The Morgan fingerprint density at radius 1 is 0.307 bits per heavy atom. The Morgan fingerprint density at radius 3 is 1.08 bits per heavy atom. The lowest BCUT2D eigenvalue weighted by Crippen LogP contribution is -2.28. The predicted octanol–water partition coefficient (Wildman–Crippen LogP) is 23.5. The Morgan fingerprint density at radius 2 is 0.659 bits per heavy atom. The van der Waals surface area contributed by atoms with Crippen LogP contribution in [0.25, 0.3) is 44.5 Å². The van der Waals surface area contributed by atoms with Crippen molar-refractivity contribution in [3.8, 4) is 56.0 Å². The fraction of sp³-hybridized carbons (Fsp3) is 0.233. The minimum absolute atomic E-state index is 0.519. The van der Waals surface area contributed by atoms with Crippen LogP contribution in [-0.4, -0.2) is 0 Å². The molecule has 0 aromatic heterocycles. The summed E-state index contributed by atoms with van der Waals surface area (Å²) in [5.41, 5.74) is 28.9. The summed E-state index contributed by atoms with van der Waals surface area (Å²) in [4.78, 5) is 2.41. The number of hydrogen-bond acceptors (Lipinski definition) is 2. The minimum Gasteiger partial charge on any atom is -0.453 e. The fourth-order valence-corrected chi connectivity index (χ4v) is 15.1. The van der Waals surface area contributed by atoms with Gasteiger partial charge in [-0.1, -0.05) is 271 Å². The molecule has 2 nitrogen and oxygen atoms in total. The maximum absolute atomic E-state index is 7.36. The highest BCUT2D eigenvalue weighted by Gasteiger charge is 2.48. The van der Waals surface area contributed by atoms with Crippen LogP contribution in [0.5, 0.6) is 11.5 Å². The molecule has 0 fully saturated rings. The topological polar surface area (TPSA) is 12.5 Å². The SMILES string of the molecule is CCCCCCc1ccc(C2(c3ccc(C)cc3)c3ccccc3-c3ccc(-c4ccc5c(c4)Oc4cc(-c6ccc7c(c6)C(c6ccc(C)cc6)(c6ccc(CCCCCC)cc6)c6ccccc6-7)ccc4N5c4ccc(CCCC)cc4)cc32)cc1. The van der Waals surface area contributed by atoms with Crippen LogP contribution >= 0.6 is 0 Å². The largest absolute Gasteiger partial charge is 0.453 e. The van der Waals surface area contributed by atoms with Gasteiger partial charge in [0.15, 0.2) is 11.5 Å². The number of nitrogens with zero attached hydrogens (tertiary/aromatic N) is 1. The van der Waals surface area contributed by atoms with E-state index in [1.165, 1.54) is 159 Å². The second-order valence-corrected chi connectivity index (χ2v) is 25.4. The molecule has 0 radical (unpaired) electrons.